The largest absolute Gasteiger partial charge is 0.399 e. The molecule has 0 atom stereocenters. The molecule has 110 valence electrons. The highest BCUT2D eigenvalue weighted by molar-refractivity contribution is 7.80. The molecule has 0 aliphatic carbocycles. The molecule has 0 amide bonds. The fourth-order valence-corrected chi connectivity index (χ4v) is 2.49. The van der Waals surface area contributed by atoms with Crippen molar-refractivity contribution in [3.63, 3.8) is 0 Å². The smallest absolute Gasteiger partial charge is 0.175 e. The summed E-state index contributed by atoms with van der Waals surface area (Å²) < 4.78 is 0. The van der Waals surface area contributed by atoms with Gasteiger partial charge in [-0.2, -0.15) is 0 Å². The predicted octanol–water partition coefficient (Wildman–Crippen LogP) is 3.80. The van der Waals surface area contributed by atoms with Gasteiger partial charge >= 0.3 is 0 Å². The van der Waals surface area contributed by atoms with Crippen molar-refractivity contribution in [1.82, 2.24) is 0 Å². The molecule has 0 aromatic heterocycles. The van der Waals surface area contributed by atoms with Crippen molar-refractivity contribution in [1.29, 1.82) is 0 Å². The lowest BCUT2D eigenvalue weighted by Gasteiger charge is -2.20. The van der Waals surface area contributed by atoms with E-state index in [4.69, 9.17) is 29.6 Å². The topological polar surface area (TPSA) is 53.3 Å². The summed E-state index contributed by atoms with van der Waals surface area (Å²) in [6, 6.07) is 13.0. The Bertz CT molecular complexity index is 641. The monoisotopic (exact) mass is 320 g/mol. The van der Waals surface area contributed by atoms with E-state index in [1.165, 1.54) is 0 Å². The fraction of sp³-hybridized carbons (Fsp3) is 0.133. The van der Waals surface area contributed by atoms with E-state index in [0.29, 0.717) is 15.8 Å². The van der Waals surface area contributed by atoms with Gasteiger partial charge < -0.3 is 21.3 Å². The second kappa shape index (κ2) is 6.65. The Labute approximate surface area is 134 Å². The van der Waals surface area contributed by atoms with Crippen LogP contribution in [0.25, 0.3) is 0 Å². The van der Waals surface area contributed by atoms with Crippen LogP contribution in [0.5, 0.6) is 0 Å². The van der Waals surface area contributed by atoms with Gasteiger partial charge in [0.15, 0.2) is 5.11 Å². The first-order chi connectivity index (χ1) is 9.97. The molecule has 2 aromatic carbocycles. The predicted molar refractivity (Wildman–Crippen MR) is 96.5 cm³/mol. The fourth-order valence-electron chi connectivity index (χ4n) is 1.92. The zero-order valence-corrected chi connectivity index (χ0v) is 13.4. The maximum atomic E-state index is 6.23. The lowest BCUT2D eigenvalue weighted by molar-refractivity contribution is 1.13. The molecule has 6 heteroatoms. The Morgan fingerprint density at radius 1 is 1.10 bits per heavy atom. The van der Waals surface area contributed by atoms with Gasteiger partial charge in [-0.05, 0) is 48.6 Å². The highest BCUT2D eigenvalue weighted by Gasteiger charge is 2.10. The molecule has 0 saturated carbocycles. The molecule has 0 aliphatic rings. The number of anilines is 4. The molecular formula is C15H17ClN4S. The van der Waals surface area contributed by atoms with Crippen molar-refractivity contribution in [2.45, 2.75) is 0 Å². The molecule has 0 saturated heterocycles. The van der Waals surface area contributed by atoms with Crippen LogP contribution < -0.4 is 21.3 Å². The number of hydrogen-bond acceptors (Lipinski definition) is 3. The van der Waals surface area contributed by atoms with Gasteiger partial charge in [-0.25, -0.2) is 0 Å². The highest BCUT2D eigenvalue weighted by atomic mass is 35.5. The standard InChI is InChI=1S/C15H17ClN4S/c1-20(2)14-12(16)4-3-5-13(14)19-15(21)18-11-8-6-10(17)7-9-11/h3-9H,17H2,1-2H3,(H2,18,19,21). The molecule has 0 bridgehead atoms. The number of nitrogen functional groups attached to an aromatic ring is 1. The first kappa shape index (κ1) is 15.4. The van der Waals surface area contributed by atoms with Crippen molar-refractivity contribution in [3.8, 4) is 0 Å². The lowest BCUT2D eigenvalue weighted by atomic mass is 10.2. The van der Waals surface area contributed by atoms with Gasteiger partial charge in [0.2, 0.25) is 0 Å². The van der Waals surface area contributed by atoms with Crippen LogP contribution in [0.4, 0.5) is 22.7 Å². The average Bonchev–Trinajstić information content (AvgIpc) is 2.41. The Hall–Kier alpha value is -1.98. The molecule has 4 N–H and O–H groups in total. The average molecular weight is 321 g/mol. The molecule has 0 fully saturated rings. The lowest BCUT2D eigenvalue weighted by Crippen LogP contribution is -2.21. The molecule has 0 aliphatic heterocycles. The molecule has 0 heterocycles. The highest BCUT2D eigenvalue weighted by Crippen LogP contribution is 2.32. The number of nitrogens with zero attached hydrogens (tertiary/aromatic N) is 1. The second-order valence-electron chi connectivity index (χ2n) is 4.73. The third-order valence-corrected chi connectivity index (χ3v) is 3.36. The van der Waals surface area contributed by atoms with Gasteiger partial charge in [-0.3, -0.25) is 0 Å². The summed E-state index contributed by atoms with van der Waals surface area (Å²) >= 11 is 11.6. The maximum Gasteiger partial charge on any atom is 0.175 e. The van der Waals surface area contributed by atoms with Gasteiger partial charge in [0, 0.05) is 25.5 Å². The molecule has 2 aromatic rings. The molecule has 0 radical (unpaired) electrons. The molecular weight excluding hydrogens is 304 g/mol. The van der Waals surface area contributed by atoms with Gasteiger partial charge in [-0.1, -0.05) is 17.7 Å². The first-order valence-corrected chi connectivity index (χ1v) is 7.15. The van der Waals surface area contributed by atoms with Crippen molar-refractivity contribution in [2.75, 3.05) is 35.4 Å². The number of thiocarbonyl (C=S) groups is 1. The van der Waals surface area contributed by atoms with Crippen molar-refractivity contribution in [3.05, 3.63) is 47.5 Å². The van der Waals surface area contributed by atoms with E-state index < -0.39 is 0 Å². The SMILES string of the molecule is CN(C)c1c(Cl)cccc1NC(=S)Nc1ccc(N)cc1. The van der Waals surface area contributed by atoms with Crippen LogP contribution >= 0.6 is 23.8 Å². The number of para-hydroxylation sites is 1. The van der Waals surface area contributed by atoms with Gasteiger partial charge in [0.05, 0.1) is 16.4 Å². The molecule has 0 unspecified atom stereocenters. The third-order valence-electron chi connectivity index (χ3n) is 2.85. The number of rotatable bonds is 3. The minimum Gasteiger partial charge on any atom is -0.399 e. The first-order valence-electron chi connectivity index (χ1n) is 6.37. The minimum absolute atomic E-state index is 0.491. The number of hydrogen-bond donors (Lipinski definition) is 3. The molecule has 0 spiro atoms. The Morgan fingerprint density at radius 2 is 1.76 bits per heavy atom. The van der Waals surface area contributed by atoms with Gasteiger partial charge in [0.1, 0.15) is 0 Å². The van der Waals surface area contributed by atoms with E-state index in [9.17, 15) is 0 Å². The van der Waals surface area contributed by atoms with E-state index >= 15 is 0 Å². The Morgan fingerprint density at radius 3 is 2.38 bits per heavy atom. The van der Waals surface area contributed by atoms with Gasteiger partial charge in [0.25, 0.3) is 0 Å². The van der Waals surface area contributed by atoms with Crippen molar-refractivity contribution in [2.24, 2.45) is 0 Å². The zero-order valence-electron chi connectivity index (χ0n) is 11.9. The number of halogens is 1. The Kier molecular flexibility index (Phi) is 4.88. The number of benzene rings is 2. The Balaban J connectivity index is 2.13. The van der Waals surface area contributed by atoms with E-state index in [1.807, 2.05) is 61.5 Å². The minimum atomic E-state index is 0.491. The summed E-state index contributed by atoms with van der Waals surface area (Å²) in [6.07, 6.45) is 0. The molecule has 4 nitrogen and oxygen atoms in total. The van der Waals surface area contributed by atoms with E-state index in [1.54, 1.807) is 0 Å². The maximum absolute atomic E-state index is 6.23. The van der Waals surface area contributed by atoms with Crippen LogP contribution in [0.3, 0.4) is 0 Å². The number of nitrogens with one attached hydrogen (secondary N) is 2. The van der Waals surface area contributed by atoms with Crippen LogP contribution in [0, 0.1) is 0 Å². The summed E-state index contributed by atoms with van der Waals surface area (Å²) in [5, 5.41) is 7.42. The summed E-state index contributed by atoms with van der Waals surface area (Å²) in [4.78, 5) is 1.94. The normalized spacial score (nSPS) is 10.0. The van der Waals surface area contributed by atoms with E-state index in [0.717, 1.165) is 17.1 Å². The van der Waals surface area contributed by atoms with Crippen LogP contribution in [0.15, 0.2) is 42.5 Å². The summed E-state index contributed by atoms with van der Waals surface area (Å²) in [6.45, 7) is 0. The van der Waals surface area contributed by atoms with E-state index in [2.05, 4.69) is 10.6 Å². The van der Waals surface area contributed by atoms with Crippen LogP contribution in [-0.2, 0) is 0 Å². The second-order valence-corrected chi connectivity index (χ2v) is 5.55. The van der Waals surface area contributed by atoms with Crippen LogP contribution in [0.1, 0.15) is 0 Å². The van der Waals surface area contributed by atoms with E-state index in [-0.39, 0.29) is 0 Å². The molecule has 2 rings (SSSR count). The number of nitrogens with two attached hydrogens (primary N) is 1. The van der Waals surface area contributed by atoms with Gasteiger partial charge in [-0.15, -0.1) is 0 Å². The summed E-state index contributed by atoms with van der Waals surface area (Å²) in [7, 11) is 3.87. The van der Waals surface area contributed by atoms with Crippen molar-refractivity contribution >= 4 is 51.7 Å². The third kappa shape index (κ3) is 4.00. The quantitative estimate of drug-likeness (QED) is 0.593. The zero-order chi connectivity index (χ0) is 15.4. The summed E-state index contributed by atoms with van der Waals surface area (Å²) in [5.41, 5.74) is 8.97. The molecule has 21 heavy (non-hydrogen) atoms. The van der Waals surface area contributed by atoms with Crippen LogP contribution in [0.2, 0.25) is 5.02 Å². The van der Waals surface area contributed by atoms with Crippen molar-refractivity contribution < 1.29 is 0 Å². The summed E-state index contributed by atoms with van der Waals surface area (Å²) in [5.74, 6) is 0. The van der Waals surface area contributed by atoms with Crippen LogP contribution in [-0.4, -0.2) is 19.2 Å².